The van der Waals surface area contributed by atoms with Crippen molar-refractivity contribution in [2.45, 2.75) is 58.2 Å². The molecule has 2 fully saturated rings. The van der Waals surface area contributed by atoms with E-state index < -0.39 is 0 Å². The summed E-state index contributed by atoms with van der Waals surface area (Å²) >= 11 is 0. The molecule has 0 bridgehead atoms. The number of aryl methyl sites for hydroxylation is 1. The lowest BCUT2D eigenvalue weighted by molar-refractivity contribution is -0.00868. The minimum absolute atomic E-state index is 0.453. The van der Waals surface area contributed by atoms with Gasteiger partial charge in [-0.25, -0.2) is 0 Å². The number of morpholine rings is 1. The number of rotatable bonds is 4. The second-order valence-electron chi connectivity index (χ2n) is 6.35. The molecule has 1 aliphatic carbocycles. The first-order valence-corrected chi connectivity index (χ1v) is 8.48. The van der Waals surface area contributed by atoms with Crippen LogP contribution < -0.4 is 10.2 Å². The molecule has 3 rings (SSSR count). The Kier molecular flexibility index (Phi) is 4.81. The molecule has 1 saturated heterocycles. The molecule has 2 aliphatic rings. The maximum Gasteiger partial charge on any atom is 0.0779 e. The molecule has 3 nitrogen and oxygen atoms in total. The van der Waals surface area contributed by atoms with Crippen LogP contribution in [0.1, 0.15) is 43.7 Å². The molecule has 21 heavy (non-hydrogen) atoms. The van der Waals surface area contributed by atoms with Crippen molar-refractivity contribution < 1.29 is 4.74 Å². The van der Waals surface area contributed by atoms with E-state index in [-0.39, 0.29) is 0 Å². The van der Waals surface area contributed by atoms with Gasteiger partial charge < -0.3 is 15.0 Å². The van der Waals surface area contributed by atoms with Crippen molar-refractivity contribution >= 4 is 5.69 Å². The monoisotopic (exact) mass is 288 g/mol. The summed E-state index contributed by atoms with van der Waals surface area (Å²) in [7, 11) is 0. The second kappa shape index (κ2) is 6.80. The quantitative estimate of drug-likeness (QED) is 0.920. The molecular formula is C18H28N2O. The first kappa shape index (κ1) is 14.9. The molecule has 2 unspecified atom stereocenters. The van der Waals surface area contributed by atoms with E-state index >= 15 is 0 Å². The van der Waals surface area contributed by atoms with Crippen LogP contribution >= 0.6 is 0 Å². The second-order valence-corrected chi connectivity index (χ2v) is 6.35. The van der Waals surface area contributed by atoms with E-state index in [2.05, 4.69) is 42.3 Å². The Labute approximate surface area is 128 Å². The zero-order chi connectivity index (χ0) is 14.7. The molecular weight excluding hydrogens is 260 g/mol. The van der Waals surface area contributed by atoms with E-state index in [1.54, 1.807) is 0 Å². The van der Waals surface area contributed by atoms with E-state index in [0.717, 1.165) is 26.2 Å². The third-order valence-corrected chi connectivity index (χ3v) is 4.96. The SMILES string of the molecule is CCNCc1ccc(N2CCOC3CCCCC32)cc1C. The van der Waals surface area contributed by atoms with Crippen molar-refractivity contribution in [3.8, 4) is 0 Å². The first-order valence-electron chi connectivity index (χ1n) is 8.48. The predicted molar refractivity (Wildman–Crippen MR) is 87.9 cm³/mol. The van der Waals surface area contributed by atoms with Crippen LogP contribution in [0.4, 0.5) is 5.69 Å². The molecule has 0 spiro atoms. The molecule has 1 saturated carbocycles. The molecule has 1 aliphatic heterocycles. The highest BCUT2D eigenvalue weighted by Crippen LogP contribution is 2.32. The van der Waals surface area contributed by atoms with Crippen molar-refractivity contribution in [2.75, 3.05) is 24.6 Å². The van der Waals surface area contributed by atoms with Gasteiger partial charge >= 0.3 is 0 Å². The van der Waals surface area contributed by atoms with Crippen molar-refractivity contribution in [3.05, 3.63) is 29.3 Å². The topological polar surface area (TPSA) is 24.5 Å². The summed E-state index contributed by atoms with van der Waals surface area (Å²) < 4.78 is 5.99. The first-order chi connectivity index (χ1) is 10.3. The fourth-order valence-electron chi connectivity index (χ4n) is 3.73. The van der Waals surface area contributed by atoms with Gasteiger partial charge in [-0.2, -0.15) is 0 Å². The molecule has 0 radical (unpaired) electrons. The normalized spacial score (nSPS) is 25.7. The molecule has 0 aromatic heterocycles. The third kappa shape index (κ3) is 3.24. The van der Waals surface area contributed by atoms with Crippen LogP contribution in [0.15, 0.2) is 18.2 Å². The van der Waals surface area contributed by atoms with Gasteiger partial charge in [-0.1, -0.05) is 25.8 Å². The van der Waals surface area contributed by atoms with Crippen molar-refractivity contribution in [1.82, 2.24) is 5.32 Å². The summed E-state index contributed by atoms with van der Waals surface area (Å²) in [5, 5.41) is 3.42. The Morgan fingerprint density at radius 3 is 2.95 bits per heavy atom. The summed E-state index contributed by atoms with van der Waals surface area (Å²) in [5.41, 5.74) is 4.19. The van der Waals surface area contributed by atoms with E-state index in [4.69, 9.17) is 4.74 Å². The number of anilines is 1. The molecule has 1 N–H and O–H groups in total. The van der Waals surface area contributed by atoms with Gasteiger partial charge in [0.05, 0.1) is 18.8 Å². The number of ether oxygens (including phenoxy) is 1. The Morgan fingerprint density at radius 2 is 2.14 bits per heavy atom. The maximum atomic E-state index is 5.99. The van der Waals surface area contributed by atoms with Gasteiger partial charge in [-0.15, -0.1) is 0 Å². The Bertz CT molecular complexity index is 472. The minimum atomic E-state index is 0.453. The smallest absolute Gasteiger partial charge is 0.0779 e. The van der Waals surface area contributed by atoms with Crippen LogP contribution in [-0.4, -0.2) is 31.8 Å². The lowest BCUT2D eigenvalue weighted by atomic mass is 9.89. The number of hydrogen-bond acceptors (Lipinski definition) is 3. The highest BCUT2D eigenvalue weighted by molar-refractivity contribution is 5.52. The standard InChI is InChI=1S/C18H28N2O/c1-3-19-13-15-8-9-16(12-14(15)2)20-10-11-21-18-7-5-4-6-17(18)20/h8-9,12,17-19H,3-7,10-11,13H2,1-2H3. The van der Waals surface area contributed by atoms with E-state index in [9.17, 15) is 0 Å². The molecule has 116 valence electrons. The number of hydrogen-bond donors (Lipinski definition) is 1. The molecule has 1 heterocycles. The highest BCUT2D eigenvalue weighted by Gasteiger charge is 2.34. The molecule has 1 aromatic carbocycles. The van der Waals surface area contributed by atoms with Crippen LogP contribution in [0.2, 0.25) is 0 Å². The number of fused-ring (bicyclic) bond motifs is 1. The number of nitrogens with one attached hydrogen (secondary N) is 1. The maximum absolute atomic E-state index is 5.99. The molecule has 0 amide bonds. The van der Waals surface area contributed by atoms with Gasteiger partial charge in [0.25, 0.3) is 0 Å². The summed E-state index contributed by atoms with van der Waals surface area (Å²) in [5.74, 6) is 0. The van der Waals surface area contributed by atoms with Gasteiger partial charge in [-0.3, -0.25) is 0 Å². The predicted octanol–water partition coefficient (Wildman–Crippen LogP) is 3.25. The molecule has 1 aromatic rings. The van der Waals surface area contributed by atoms with Crippen molar-refractivity contribution in [2.24, 2.45) is 0 Å². The zero-order valence-electron chi connectivity index (χ0n) is 13.4. The fourth-order valence-corrected chi connectivity index (χ4v) is 3.73. The van der Waals surface area contributed by atoms with Crippen LogP contribution in [-0.2, 0) is 11.3 Å². The lowest BCUT2D eigenvalue weighted by Gasteiger charge is -2.45. The van der Waals surface area contributed by atoms with E-state index in [1.807, 2.05) is 0 Å². The van der Waals surface area contributed by atoms with E-state index in [0.29, 0.717) is 12.1 Å². The largest absolute Gasteiger partial charge is 0.374 e. The Hall–Kier alpha value is -1.06. The van der Waals surface area contributed by atoms with Gasteiger partial charge in [-0.05, 0) is 49.6 Å². The van der Waals surface area contributed by atoms with E-state index in [1.165, 1.54) is 42.5 Å². The average molecular weight is 288 g/mol. The van der Waals surface area contributed by atoms with Gasteiger partial charge in [0, 0.05) is 18.8 Å². The summed E-state index contributed by atoms with van der Waals surface area (Å²) in [6.45, 7) is 8.29. The van der Waals surface area contributed by atoms with Crippen molar-refractivity contribution in [1.29, 1.82) is 0 Å². The average Bonchev–Trinajstić information content (AvgIpc) is 2.53. The van der Waals surface area contributed by atoms with Gasteiger partial charge in [0.15, 0.2) is 0 Å². The Morgan fingerprint density at radius 1 is 1.29 bits per heavy atom. The minimum Gasteiger partial charge on any atom is -0.374 e. The van der Waals surface area contributed by atoms with Crippen LogP contribution in [0.25, 0.3) is 0 Å². The lowest BCUT2D eigenvalue weighted by Crippen LogP contribution is -2.52. The summed E-state index contributed by atoms with van der Waals surface area (Å²) in [6.07, 6.45) is 5.64. The molecule has 3 heteroatoms. The number of nitrogens with zero attached hydrogens (tertiary/aromatic N) is 1. The summed E-state index contributed by atoms with van der Waals surface area (Å²) in [6, 6.07) is 7.55. The fraction of sp³-hybridized carbons (Fsp3) is 0.667. The molecule has 2 atom stereocenters. The van der Waals surface area contributed by atoms with Crippen LogP contribution in [0.5, 0.6) is 0 Å². The van der Waals surface area contributed by atoms with Crippen molar-refractivity contribution in [3.63, 3.8) is 0 Å². The third-order valence-electron chi connectivity index (χ3n) is 4.96. The highest BCUT2D eigenvalue weighted by atomic mass is 16.5. The van der Waals surface area contributed by atoms with Gasteiger partial charge in [0.2, 0.25) is 0 Å². The van der Waals surface area contributed by atoms with Gasteiger partial charge in [0.1, 0.15) is 0 Å². The van der Waals surface area contributed by atoms with Crippen LogP contribution in [0, 0.1) is 6.92 Å². The number of benzene rings is 1. The van der Waals surface area contributed by atoms with Crippen LogP contribution in [0.3, 0.4) is 0 Å². The zero-order valence-corrected chi connectivity index (χ0v) is 13.4. The Balaban J connectivity index is 1.77. The summed E-state index contributed by atoms with van der Waals surface area (Å²) in [4.78, 5) is 2.59.